The number of carbonyl (C=O) groups excluding carboxylic acids is 1. The van der Waals surface area contributed by atoms with Crippen molar-refractivity contribution in [3.05, 3.63) is 22.2 Å². The van der Waals surface area contributed by atoms with Gasteiger partial charge < -0.3 is 14.3 Å². The Morgan fingerprint density at radius 3 is 2.75 bits per heavy atom. The third-order valence-corrected chi connectivity index (χ3v) is 4.30. The normalized spacial score (nSPS) is 19.6. The Morgan fingerprint density at radius 1 is 1.35 bits per heavy atom. The molecule has 0 spiro atoms. The Morgan fingerprint density at radius 2 is 2.10 bits per heavy atom. The highest BCUT2D eigenvalue weighted by Gasteiger charge is 2.21. The summed E-state index contributed by atoms with van der Waals surface area (Å²) in [7, 11) is 3.32. The third-order valence-electron chi connectivity index (χ3n) is 3.68. The molecule has 0 radical (unpaired) electrons. The second-order valence-corrected chi connectivity index (χ2v) is 5.93. The number of hydrogen-bond acceptors (Lipinski definition) is 4. The Labute approximate surface area is 128 Å². The van der Waals surface area contributed by atoms with Crippen LogP contribution in [0.15, 0.2) is 16.6 Å². The van der Waals surface area contributed by atoms with E-state index < -0.39 is 0 Å². The molecule has 0 aliphatic carbocycles. The van der Waals surface area contributed by atoms with Crippen molar-refractivity contribution in [3.8, 4) is 11.5 Å². The van der Waals surface area contributed by atoms with E-state index in [0.29, 0.717) is 0 Å². The lowest BCUT2D eigenvalue weighted by Crippen LogP contribution is -2.35. The molecule has 0 aromatic heterocycles. The fraction of sp³-hybridized carbons (Fsp3) is 0.533. The SMILES string of the molecule is COc1cc(CN2CCCC(C=O)C2)c(OC)cc1Br. The largest absolute Gasteiger partial charge is 0.496 e. The first kappa shape index (κ1) is 15.3. The molecule has 2 rings (SSSR count). The minimum absolute atomic E-state index is 0.159. The van der Waals surface area contributed by atoms with Crippen molar-refractivity contribution in [3.63, 3.8) is 0 Å². The van der Waals surface area contributed by atoms with Crippen LogP contribution in [0.4, 0.5) is 0 Å². The Hall–Kier alpha value is -1.07. The highest BCUT2D eigenvalue weighted by atomic mass is 79.9. The van der Waals surface area contributed by atoms with Crippen LogP contribution in [0, 0.1) is 5.92 Å². The summed E-state index contributed by atoms with van der Waals surface area (Å²) in [6.45, 7) is 2.62. The number of piperidine rings is 1. The van der Waals surface area contributed by atoms with Gasteiger partial charge in [-0.05, 0) is 47.4 Å². The van der Waals surface area contributed by atoms with E-state index in [1.165, 1.54) is 0 Å². The van der Waals surface area contributed by atoms with E-state index in [-0.39, 0.29) is 5.92 Å². The van der Waals surface area contributed by atoms with Gasteiger partial charge in [-0.15, -0.1) is 0 Å². The fourth-order valence-electron chi connectivity index (χ4n) is 2.63. The number of likely N-dealkylation sites (tertiary alicyclic amines) is 1. The van der Waals surface area contributed by atoms with Gasteiger partial charge in [0.15, 0.2) is 0 Å². The van der Waals surface area contributed by atoms with Crippen LogP contribution in [0.25, 0.3) is 0 Å². The molecule has 1 aliphatic rings. The zero-order chi connectivity index (χ0) is 14.5. The molecule has 1 aromatic rings. The minimum Gasteiger partial charge on any atom is -0.496 e. The van der Waals surface area contributed by atoms with Gasteiger partial charge in [0, 0.05) is 24.6 Å². The van der Waals surface area contributed by atoms with Crippen LogP contribution >= 0.6 is 15.9 Å². The molecule has 1 saturated heterocycles. The van der Waals surface area contributed by atoms with Crippen molar-refractivity contribution in [2.45, 2.75) is 19.4 Å². The van der Waals surface area contributed by atoms with E-state index in [9.17, 15) is 4.79 Å². The zero-order valence-electron chi connectivity index (χ0n) is 11.9. The van der Waals surface area contributed by atoms with E-state index in [1.54, 1.807) is 14.2 Å². The summed E-state index contributed by atoms with van der Waals surface area (Å²) in [5.41, 5.74) is 1.08. The Balaban J connectivity index is 2.17. The van der Waals surface area contributed by atoms with Crippen LogP contribution in [0.5, 0.6) is 11.5 Å². The van der Waals surface area contributed by atoms with E-state index in [1.807, 2.05) is 12.1 Å². The maximum atomic E-state index is 10.9. The number of hydrogen-bond donors (Lipinski definition) is 0. The van der Waals surface area contributed by atoms with E-state index in [2.05, 4.69) is 20.8 Å². The third kappa shape index (κ3) is 3.52. The van der Waals surface area contributed by atoms with Crippen molar-refractivity contribution >= 4 is 22.2 Å². The molecule has 0 N–H and O–H groups in total. The Bertz CT molecular complexity index is 478. The first-order valence-corrected chi connectivity index (χ1v) is 7.55. The van der Waals surface area contributed by atoms with Crippen LogP contribution < -0.4 is 9.47 Å². The topological polar surface area (TPSA) is 38.8 Å². The van der Waals surface area contributed by atoms with Gasteiger partial charge in [0.2, 0.25) is 0 Å². The molecular formula is C15H20BrNO3. The van der Waals surface area contributed by atoms with Crippen molar-refractivity contribution in [2.75, 3.05) is 27.3 Å². The minimum atomic E-state index is 0.159. The highest BCUT2D eigenvalue weighted by molar-refractivity contribution is 9.10. The molecule has 1 unspecified atom stereocenters. The summed E-state index contributed by atoms with van der Waals surface area (Å²) in [6, 6.07) is 3.92. The molecule has 0 saturated carbocycles. The first-order chi connectivity index (χ1) is 9.67. The molecule has 5 heteroatoms. The Kier molecular flexibility index (Phi) is 5.43. The number of halogens is 1. The average molecular weight is 342 g/mol. The number of carbonyl (C=O) groups is 1. The quantitative estimate of drug-likeness (QED) is 0.772. The van der Waals surface area contributed by atoms with Gasteiger partial charge in [-0.1, -0.05) is 0 Å². The molecule has 0 bridgehead atoms. The van der Waals surface area contributed by atoms with Gasteiger partial charge in [-0.2, -0.15) is 0 Å². The number of rotatable bonds is 5. The summed E-state index contributed by atoms with van der Waals surface area (Å²) in [5.74, 6) is 1.79. The number of aldehydes is 1. The molecule has 20 heavy (non-hydrogen) atoms. The zero-order valence-corrected chi connectivity index (χ0v) is 13.5. The van der Waals surface area contributed by atoms with Crippen molar-refractivity contribution in [1.29, 1.82) is 0 Å². The lowest BCUT2D eigenvalue weighted by molar-refractivity contribution is -0.112. The monoisotopic (exact) mass is 341 g/mol. The second kappa shape index (κ2) is 7.09. The van der Waals surface area contributed by atoms with Gasteiger partial charge in [-0.25, -0.2) is 0 Å². The molecule has 4 nitrogen and oxygen atoms in total. The average Bonchev–Trinajstić information content (AvgIpc) is 2.48. The summed E-state index contributed by atoms with van der Waals surface area (Å²) in [4.78, 5) is 13.2. The molecule has 1 fully saturated rings. The molecule has 1 heterocycles. The first-order valence-electron chi connectivity index (χ1n) is 6.76. The van der Waals surface area contributed by atoms with Crippen LogP contribution in [0.2, 0.25) is 0 Å². The number of benzene rings is 1. The smallest absolute Gasteiger partial charge is 0.133 e. The fourth-order valence-corrected chi connectivity index (χ4v) is 3.12. The van der Waals surface area contributed by atoms with Gasteiger partial charge >= 0.3 is 0 Å². The standard InChI is InChI=1S/C15H20BrNO3/c1-19-14-7-13(16)15(20-2)6-12(14)9-17-5-3-4-11(8-17)10-18/h6-7,10-11H,3-5,8-9H2,1-2H3. The van der Waals surface area contributed by atoms with Gasteiger partial charge in [0.05, 0.1) is 18.7 Å². The van der Waals surface area contributed by atoms with E-state index >= 15 is 0 Å². The van der Waals surface area contributed by atoms with Crippen molar-refractivity contribution in [1.82, 2.24) is 4.90 Å². The molecule has 110 valence electrons. The predicted molar refractivity (Wildman–Crippen MR) is 81.3 cm³/mol. The molecule has 1 atom stereocenters. The van der Waals surface area contributed by atoms with Crippen LogP contribution in [-0.4, -0.2) is 38.5 Å². The number of ether oxygens (including phenoxy) is 2. The lowest BCUT2D eigenvalue weighted by Gasteiger charge is -2.30. The molecule has 0 amide bonds. The summed E-state index contributed by atoms with van der Waals surface area (Å²) in [6.07, 6.45) is 3.14. The number of nitrogens with zero attached hydrogens (tertiary/aromatic N) is 1. The highest BCUT2D eigenvalue weighted by Crippen LogP contribution is 2.33. The summed E-state index contributed by atoms with van der Waals surface area (Å²) < 4.78 is 11.7. The maximum Gasteiger partial charge on any atom is 0.133 e. The maximum absolute atomic E-state index is 10.9. The summed E-state index contributed by atoms with van der Waals surface area (Å²) >= 11 is 3.46. The second-order valence-electron chi connectivity index (χ2n) is 5.07. The van der Waals surface area contributed by atoms with Gasteiger partial charge in [-0.3, -0.25) is 4.90 Å². The predicted octanol–water partition coefficient (Wildman–Crippen LogP) is 2.88. The van der Waals surface area contributed by atoms with Crippen LogP contribution in [0.3, 0.4) is 0 Å². The van der Waals surface area contributed by atoms with E-state index in [0.717, 1.165) is 60.3 Å². The molecule has 1 aromatic carbocycles. The van der Waals surface area contributed by atoms with Gasteiger partial charge in [0.1, 0.15) is 17.8 Å². The van der Waals surface area contributed by atoms with Crippen LogP contribution in [0.1, 0.15) is 18.4 Å². The van der Waals surface area contributed by atoms with Crippen LogP contribution in [-0.2, 0) is 11.3 Å². The van der Waals surface area contributed by atoms with Crippen molar-refractivity contribution < 1.29 is 14.3 Å². The number of methoxy groups -OCH3 is 2. The lowest BCUT2D eigenvalue weighted by atomic mass is 9.99. The van der Waals surface area contributed by atoms with E-state index in [4.69, 9.17) is 9.47 Å². The summed E-state index contributed by atoms with van der Waals surface area (Å²) in [5, 5.41) is 0. The molecule has 1 aliphatic heterocycles. The van der Waals surface area contributed by atoms with Crippen molar-refractivity contribution in [2.24, 2.45) is 5.92 Å². The van der Waals surface area contributed by atoms with Gasteiger partial charge in [0.25, 0.3) is 0 Å². The molecular weight excluding hydrogens is 322 g/mol.